The minimum atomic E-state index is 0.342. The van der Waals surface area contributed by atoms with E-state index in [1.807, 2.05) is 0 Å². The van der Waals surface area contributed by atoms with Crippen LogP contribution in [0, 0.1) is 5.92 Å². The third kappa shape index (κ3) is 3.11. The molecule has 2 heteroatoms. The maximum Gasteiger partial charge on any atom is 0.0210 e. The van der Waals surface area contributed by atoms with Crippen LogP contribution >= 0.6 is 0 Å². The van der Waals surface area contributed by atoms with Crippen molar-refractivity contribution in [2.75, 3.05) is 13.1 Å². The van der Waals surface area contributed by atoms with Crippen molar-refractivity contribution in [2.45, 2.75) is 45.7 Å². The molecule has 0 aromatic rings. The van der Waals surface area contributed by atoms with Gasteiger partial charge < -0.3 is 10.6 Å². The Hall–Kier alpha value is -0.0800. The van der Waals surface area contributed by atoms with Crippen LogP contribution in [0.5, 0.6) is 0 Å². The number of hydrogen-bond donors (Lipinski definition) is 2. The summed E-state index contributed by atoms with van der Waals surface area (Å²) in [4.78, 5) is 0. The maximum absolute atomic E-state index is 3.57. The van der Waals surface area contributed by atoms with Gasteiger partial charge in [-0.15, -0.1) is 0 Å². The van der Waals surface area contributed by atoms with Crippen molar-refractivity contribution >= 4 is 0 Å². The lowest BCUT2D eigenvalue weighted by molar-refractivity contribution is 0.431. The monoisotopic (exact) mass is 170 g/mol. The zero-order chi connectivity index (χ0) is 9.19. The SMILES string of the molecule is CC(C)CNC1CNC(C)(C)C1. The molecule has 1 atom stereocenters. The summed E-state index contributed by atoms with van der Waals surface area (Å²) in [5.74, 6) is 0.758. The summed E-state index contributed by atoms with van der Waals surface area (Å²) >= 11 is 0. The lowest BCUT2D eigenvalue weighted by atomic mass is 10.0. The molecule has 0 radical (unpaired) electrons. The molecule has 0 amide bonds. The van der Waals surface area contributed by atoms with E-state index in [1.54, 1.807) is 0 Å². The average molecular weight is 170 g/mol. The second-order valence-electron chi connectivity index (χ2n) is 4.97. The molecule has 0 spiro atoms. The molecule has 12 heavy (non-hydrogen) atoms. The van der Waals surface area contributed by atoms with E-state index in [-0.39, 0.29) is 0 Å². The molecular formula is C10H22N2. The van der Waals surface area contributed by atoms with Crippen LogP contribution in [0.4, 0.5) is 0 Å². The molecular weight excluding hydrogens is 148 g/mol. The van der Waals surface area contributed by atoms with E-state index in [1.165, 1.54) is 6.42 Å². The normalized spacial score (nSPS) is 28.2. The first-order chi connectivity index (χ1) is 5.49. The Kier molecular flexibility index (Phi) is 3.13. The molecule has 1 fully saturated rings. The Bertz CT molecular complexity index is 141. The van der Waals surface area contributed by atoms with Gasteiger partial charge >= 0.3 is 0 Å². The van der Waals surface area contributed by atoms with Gasteiger partial charge in [0.15, 0.2) is 0 Å². The van der Waals surface area contributed by atoms with Gasteiger partial charge in [0.1, 0.15) is 0 Å². The molecule has 1 rings (SSSR count). The zero-order valence-electron chi connectivity index (χ0n) is 8.78. The summed E-state index contributed by atoms with van der Waals surface area (Å²) < 4.78 is 0. The molecule has 1 saturated heterocycles. The van der Waals surface area contributed by atoms with Gasteiger partial charge in [-0.05, 0) is 32.7 Å². The Morgan fingerprint density at radius 3 is 2.58 bits per heavy atom. The fourth-order valence-corrected chi connectivity index (χ4v) is 1.71. The topological polar surface area (TPSA) is 24.1 Å². The van der Waals surface area contributed by atoms with Crippen LogP contribution in [-0.2, 0) is 0 Å². The molecule has 0 aromatic carbocycles. The predicted molar refractivity (Wildman–Crippen MR) is 53.3 cm³/mol. The van der Waals surface area contributed by atoms with Gasteiger partial charge in [0, 0.05) is 18.1 Å². The molecule has 1 aliphatic heterocycles. The third-order valence-corrected chi connectivity index (χ3v) is 2.40. The van der Waals surface area contributed by atoms with Crippen molar-refractivity contribution in [1.82, 2.24) is 10.6 Å². The van der Waals surface area contributed by atoms with Gasteiger partial charge in [0.2, 0.25) is 0 Å². The molecule has 0 saturated carbocycles. The van der Waals surface area contributed by atoms with E-state index in [0.29, 0.717) is 11.6 Å². The minimum absolute atomic E-state index is 0.342. The molecule has 72 valence electrons. The fraction of sp³-hybridized carbons (Fsp3) is 1.00. The number of nitrogens with one attached hydrogen (secondary N) is 2. The molecule has 2 nitrogen and oxygen atoms in total. The quantitative estimate of drug-likeness (QED) is 0.668. The van der Waals surface area contributed by atoms with Gasteiger partial charge in [-0.1, -0.05) is 13.8 Å². The Morgan fingerprint density at radius 2 is 2.17 bits per heavy atom. The van der Waals surface area contributed by atoms with E-state index in [0.717, 1.165) is 19.0 Å². The van der Waals surface area contributed by atoms with Gasteiger partial charge in [-0.3, -0.25) is 0 Å². The van der Waals surface area contributed by atoms with Gasteiger partial charge in [-0.25, -0.2) is 0 Å². The van der Waals surface area contributed by atoms with Crippen molar-refractivity contribution in [3.8, 4) is 0 Å². The van der Waals surface area contributed by atoms with Crippen LogP contribution in [0.2, 0.25) is 0 Å². The molecule has 2 N–H and O–H groups in total. The zero-order valence-corrected chi connectivity index (χ0v) is 8.78. The second kappa shape index (κ2) is 3.75. The molecule has 1 aliphatic rings. The van der Waals surface area contributed by atoms with E-state index < -0.39 is 0 Å². The van der Waals surface area contributed by atoms with Gasteiger partial charge in [0.25, 0.3) is 0 Å². The highest BCUT2D eigenvalue weighted by Crippen LogP contribution is 2.17. The first-order valence-corrected chi connectivity index (χ1v) is 4.98. The summed E-state index contributed by atoms with van der Waals surface area (Å²) in [6.07, 6.45) is 1.25. The maximum atomic E-state index is 3.57. The molecule has 0 aliphatic carbocycles. The van der Waals surface area contributed by atoms with Gasteiger partial charge in [-0.2, -0.15) is 0 Å². The number of rotatable bonds is 3. The Morgan fingerprint density at radius 1 is 1.50 bits per heavy atom. The largest absolute Gasteiger partial charge is 0.312 e. The lowest BCUT2D eigenvalue weighted by Gasteiger charge is -2.18. The highest BCUT2D eigenvalue weighted by Gasteiger charge is 2.29. The standard InChI is InChI=1S/C10H22N2/c1-8(2)6-11-9-5-10(3,4)12-7-9/h8-9,11-12H,5-7H2,1-4H3. The molecule has 0 bridgehead atoms. The van der Waals surface area contributed by atoms with Crippen molar-refractivity contribution < 1.29 is 0 Å². The van der Waals surface area contributed by atoms with Gasteiger partial charge in [0.05, 0.1) is 0 Å². The summed E-state index contributed by atoms with van der Waals surface area (Å²) in [5, 5.41) is 7.08. The predicted octanol–water partition coefficient (Wildman–Crippen LogP) is 1.37. The van der Waals surface area contributed by atoms with E-state index in [4.69, 9.17) is 0 Å². The Labute approximate surface area is 76.1 Å². The Balaban J connectivity index is 2.20. The molecule has 1 heterocycles. The minimum Gasteiger partial charge on any atom is -0.312 e. The third-order valence-electron chi connectivity index (χ3n) is 2.40. The summed E-state index contributed by atoms with van der Waals surface area (Å²) in [7, 11) is 0. The van der Waals surface area contributed by atoms with Crippen molar-refractivity contribution in [3.05, 3.63) is 0 Å². The molecule has 1 unspecified atom stereocenters. The van der Waals surface area contributed by atoms with Crippen molar-refractivity contribution in [2.24, 2.45) is 5.92 Å². The number of hydrogen-bond acceptors (Lipinski definition) is 2. The van der Waals surface area contributed by atoms with Crippen LogP contribution in [0.1, 0.15) is 34.1 Å². The average Bonchev–Trinajstić information content (AvgIpc) is 2.26. The van der Waals surface area contributed by atoms with Crippen molar-refractivity contribution in [1.29, 1.82) is 0 Å². The summed E-state index contributed by atoms with van der Waals surface area (Å²) in [6, 6.07) is 0.683. The highest BCUT2D eigenvalue weighted by atomic mass is 15.1. The smallest absolute Gasteiger partial charge is 0.0210 e. The summed E-state index contributed by atoms with van der Waals surface area (Å²) in [5.41, 5.74) is 0.342. The molecule has 0 aromatic heterocycles. The van der Waals surface area contributed by atoms with Crippen LogP contribution in [0.25, 0.3) is 0 Å². The first-order valence-electron chi connectivity index (χ1n) is 4.98. The van der Waals surface area contributed by atoms with E-state index in [2.05, 4.69) is 38.3 Å². The van der Waals surface area contributed by atoms with E-state index >= 15 is 0 Å². The fourth-order valence-electron chi connectivity index (χ4n) is 1.71. The van der Waals surface area contributed by atoms with E-state index in [9.17, 15) is 0 Å². The second-order valence-corrected chi connectivity index (χ2v) is 4.97. The van der Waals surface area contributed by atoms with Crippen LogP contribution in [-0.4, -0.2) is 24.7 Å². The lowest BCUT2D eigenvalue weighted by Crippen LogP contribution is -2.33. The van der Waals surface area contributed by atoms with Crippen LogP contribution in [0.15, 0.2) is 0 Å². The van der Waals surface area contributed by atoms with Crippen LogP contribution in [0.3, 0.4) is 0 Å². The van der Waals surface area contributed by atoms with Crippen LogP contribution < -0.4 is 10.6 Å². The highest BCUT2D eigenvalue weighted by molar-refractivity contribution is 4.92. The first kappa shape index (κ1) is 10.0. The van der Waals surface area contributed by atoms with Crippen molar-refractivity contribution in [3.63, 3.8) is 0 Å². The summed E-state index contributed by atoms with van der Waals surface area (Å²) in [6.45, 7) is 11.3.